The second-order valence-corrected chi connectivity index (χ2v) is 5.44. The lowest BCUT2D eigenvalue weighted by molar-refractivity contribution is 0.0941. The summed E-state index contributed by atoms with van der Waals surface area (Å²) in [5.41, 5.74) is 1.87. The molecule has 0 atom stereocenters. The van der Waals surface area contributed by atoms with Gasteiger partial charge in [0.05, 0.1) is 18.4 Å². The van der Waals surface area contributed by atoms with Crippen molar-refractivity contribution >= 4 is 5.91 Å². The second kappa shape index (κ2) is 6.98. The van der Waals surface area contributed by atoms with Gasteiger partial charge in [0, 0.05) is 5.56 Å². The third-order valence-corrected chi connectivity index (χ3v) is 3.65. The molecular weight excluding hydrogens is 332 g/mol. The molecular formula is C18H14N6O2. The van der Waals surface area contributed by atoms with Gasteiger partial charge in [0.2, 0.25) is 11.7 Å². The molecule has 1 N–H and O–H groups in total. The topological polar surface area (TPSA) is 98.7 Å². The number of amides is 1. The maximum Gasteiger partial charge on any atom is 0.273 e. The zero-order valence-corrected chi connectivity index (χ0v) is 13.6. The van der Waals surface area contributed by atoms with E-state index in [-0.39, 0.29) is 18.1 Å². The van der Waals surface area contributed by atoms with Gasteiger partial charge in [-0.05, 0) is 12.1 Å². The van der Waals surface area contributed by atoms with Gasteiger partial charge >= 0.3 is 0 Å². The van der Waals surface area contributed by atoms with Crippen LogP contribution >= 0.6 is 0 Å². The summed E-state index contributed by atoms with van der Waals surface area (Å²) < 4.78 is 6.70. The Labute approximate surface area is 148 Å². The maximum atomic E-state index is 12.2. The van der Waals surface area contributed by atoms with Gasteiger partial charge in [-0.2, -0.15) is 4.98 Å². The molecule has 8 nitrogen and oxygen atoms in total. The fraction of sp³-hybridized carbons (Fsp3) is 0.0556. The first-order valence-electron chi connectivity index (χ1n) is 7.93. The van der Waals surface area contributed by atoms with E-state index in [1.54, 1.807) is 6.20 Å². The molecule has 2 heterocycles. The molecule has 0 saturated carbocycles. The van der Waals surface area contributed by atoms with E-state index in [4.69, 9.17) is 4.52 Å². The third-order valence-electron chi connectivity index (χ3n) is 3.65. The quantitative estimate of drug-likeness (QED) is 0.595. The van der Waals surface area contributed by atoms with E-state index < -0.39 is 0 Å². The van der Waals surface area contributed by atoms with Crippen molar-refractivity contribution in [3.05, 3.63) is 78.4 Å². The molecule has 0 unspecified atom stereocenters. The Morgan fingerprint density at radius 2 is 1.77 bits per heavy atom. The summed E-state index contributed by atoms with van der Waals surface area (Å²) >= 11 is 0. The van der Waals surface area contributed by atoms with E-state index in [0.29, 0.717) is 11.7 Å². The number of nitrogens with zero attached hydrogens (tertiary/aromatic N) is 5. The minimum Gasteiger partial charge on any atom is -0.342 e. The predicted octanol–water partition coefficient (Wildman–Crippen LogP) is 2.25. The molecule has 2 aromatic heterocycles. The van der Waals surface area contributed by atoms with E-state index >= 15 is 0 Å². The van der Waals surface area contributed by atoms with E-state index in [1.807, 2.05) is 60.7 Å². The van der Waals surface area contributed by atoms with E-state index in [9.17, 15) is 4.79 Å². The summed E-state index contributed by atoms with van der Waals surface area (Å²) in [5, 5.41) is 14.5. The lowest BCUT2D eigenvalue weighted by Gasteiger charge is -1.98. The van der Waals surface area contributed by atoms with Gasteiger partial charge in [-0.15, -0.1) is 5.10 Å². The van der Waals surface area contributed by atoms with Gasteiger partial charge in [0.1, 0.15) is 0 Å². The van der Waals surface area contributed by atoms with Crippen LogP contribution in [0.3, 0.4) is 0 Å². The first kappa shape index (κ1) is 15.7. The van der Waals surface area contributed by atoms with Crippen molar-refractivity contribution in [1.29, 1.82) is 0 Å². The number of aromatic nitrogens is 5. The van der Waals surface area contributed by atoms with Crippen LogP contribution in [0.1, 0.15) is 16.4 Å². The van der Waals surface area contributed by atoms with Crippen LogP contribution in [0.25, 0.3) is 17.1 Å². The first-order chi connectivity index (χ1) is 12.8. The molecule has 8 heteroatoms. The van der Waals surface area contributed by atoms with Crippen molar-refractivity contribution in [2.24, 2.45) is 0 Å². The molecule has 2 aromatic carbocycles. The molecule has 0 aliphatic carbocycles. The molecule has 4 aromatic rings. The number of hydrogen-bond acceptors (Lipinski definition) is 6. The number of nitrogens with one attached hydrogen (secondary N) is 1. The molecule has 0 radical (unpaired) electrons. The normalized spacial score (nSPS) is 10.6. The summed E-state index contributed by atoms with van der Waals surface area (Å²) in [4.78, 5) is 16.5. The number of benzene rings is 2. The molecule has 0 aliphatic rings. The highest BCUT2D eigenvalue weighted by atomic mass is 16.5. The SMILES string of the molecule is O=C(NCc1nc(-c2ccccc2)no1)c1cn(-c2ccccc2)nn1. The Balaban J connectivity index is 1.40. The van der Waals surface area contributed by atoms with Crippen molar-refractivity contribution in [3.63, 3.8) is 0 Å². The van der Waals surface area contributed by atoms with Gasteiger partial charge in [-0.1, -0.05) is 58.9 Å². The van der Waals surface area contributed by atoms with Gasteiger partial charge < -0.3 is 9.84 Å². The van der Waals surface area contributed by atoms with E-state index in [0.717, 1.165) is 11.3 Å². The highest BCUT2D eigenvalue weighted by Crippen LogP contribution is 2.14. The molecule has 128 valence electrons. The summed E-state index contributed by atoms with van der Waals surface area (Å²) in [6.45, 7) is 0.108. The largest absolute Gasteiger partial charge is 0.342 e. The van der Waals surface area contributed by atoms with E-state index in [1.165, 1.54) is 4.68 Å². The summed E-state index contributed by atoms with van der Waals surface area (Å²) in [6, 6.07) is 18.9. The summed E-state index contributed by atoms with van der Waals surface area (Å²) in [7, 11) is 0. The van der Waals surface area contributed by atoms with E-state index in [2.05, 4.69) is 25.8 Å². The molecule has 0 saturated heterocycles. The van der Waals surface area contributed by atoms with Crippen LogP contribution in [0.2, 0.25) is 0 Å². The molecule has 0 fully saturated rings. The molecule has 0 spiro atoms. The van der Waals surface area contributed by atoms with Gasteiger partial charge in [-0.3, -0.25) is 4.79 Å². The number of para-hydroxylation sites is 1. The fourth-order valence-corrected chi connectivity index (χ4v) is 2.35. The molecule has 0 aliphatic heterocycles. The molecule has 4 rings (SSSR count). The van der Waals surface area contributed by atoms with Gasteiger partial charge in [-0.25, -0.2) is 4.68 Å². The molecule has 26 heavy (non-hydrogen) atoms. The van der Waals surface area contributed by atoms with Crippen LogP contribution in [-0.2, 0) is 6.54 Å². The Morgan fingerprint density at radius 1 is 1.04 bits per heavy atom. The van der Waals surface area contributed by atoms with Crippen molar-refractivity contribution in [2.75, 3.05) is 0 Å². The van der Waals surface area contributed by atoms with Gasteiger partial charge in [0.15, 0.2) is 5.69 Å². The minimum absolute atomic E-state index is 0.108. The van der Waals surface area contributed by atoms with Crippen LogP contribution in [0.15, 0.2) is 71.4 Å². The highest BCUT2D eigenvalue weighted by Gasteiger charge is 2.14. The Hall–Kier alpha value is -3.81. The summed E-state index contributed by atoms with van der Waals surface area (Å²) in [6.07, 6.45) is 1.56. The van der Waals surface area contributed by atoms with Crippen LogP contribution < -0.4 is 5.32 Å². The van der Waals surface area contributed by atoms with Crippen LogP contribution in [0.4, 0.5) is 0 Å². The number of carbonyl (C=O) groups excluding carboxylic acids is 1. The van der Waals surface area contributed by atoms with Crippen molar-refractivity contribution < 1.29 is 9.32 Å². The molecule has 1 amide bonds. The Morgan fingerprint density at radius 3 is 2.54 bits per heavy atom. The monoisotopic (exact) mass is 346 g/mol. The minimum atomic E-state index is -0.369. The number of rotatable bonds is 5. The summed E-state index contributed by atoms with van der Waals surface area (Å²) in [5.74, 6) is 0.421. The average molecular weight is 346 g/mol. The van der Waals surface area contributed by atoms with Crippen LogP contribution in [0, 0.1) is 0 Å². The van der Waals surface area contributed by atoms with Gasteiger partial charge in [0.25, 0.3) is 5.91 Å². The zero-order valence-electron chi connectivity index (χ0n) is 13.6. The third kappa shape index (κ3) is 3.34. The fourth-order valence-electron chi connectivity index (χ4n) is 2.35. The predicted molar refractivity (Wildman–Crippen MR) is 92.3 cm³/mol. The second-order valence-electron chi connectivity index (χ2n) is 5.44. The smallest absolute Gasteiger partial charge is 0.273 e. The standard InChI is InChI=1S/C18H14N6O2/c25-18(15-12-24(23-21-15)14-9-5-2-6-10-14)19-11-16-20-17(22-26-16)13-7-3-1-4-8-13/h1-10,12H,11H2,(H,19,25). The molecule has 0 bridgehead atoms. The van der Waals surface area contributed by atoms with Crippen LogP contribution in [0.5, 0.6) is 0 Å². The van der Waals surface area contributed by atoms with Crippen molar-refractivity contribution in [1.82, 2.24) is 30.5 Å². The van der Waals surface area contributed by atoms with Crippen molar-refractivity contribution in [3.8, 4) is 17.1 Å². The number of hydrogen-bond donors (Lipinski definition) is 1. The lowest BCUT2D eigenvalue weighted by Crippen LogP contribution is -2.23. The number of carbonyl (C=O) groups is 1. The highest BCUT2D eigenvalue weighted by molar-refractivity contribution is 5.91. The Kier molecular flexibility index (Phi) is 4.21. The van der Waals surface area contributed by atoms with Crippen molar-refractivity contribution in [2.45, 2.75) is 6.54 Å². The average Bonchev–Trinajstić information content (AvgIpc) is 3.37. The zero-order chi connectivity index (χ0) is 17.8. The maximum absolute atomic E-state index is 12.2. The van der Waals surface area contributed by atoms with Crippen LogP contribution in [-0.4, -0.2) is 31.0 Å². The Bertz CT molecular complexity index is 1010. The first-order valence-corrected chi connectivity index (χ1v) is 7.93. The lowest BCUT2D eigenvalue weighted by atomic mass is 10.2.